The molecule has 1 aliphatic heterocycles. The van der Waals surface area contributed by atoms with Crippen molar-refractivity contribution in [3.63, 3.8) is 0 Å². The van der Waals surface area contributed by atoms with Gasteiger partial charge in [-0.25, -0.2) is 0 Å². The number of likely N-dealkylation sites (tertiary alicyclic amines) is 1. The van der Waals surface area contributed by atoms with Crippen LogP contribution >= 0.6 is 0 Å². The summed E-state index contributed by atoms with van der Waals surface area (Å²) in [7, 11) is 3.62. The number of hydrogen-bond donors (Lipinski definition) is 2. The van der Waals surface area contributed by atoms with Gasteiger partial charge >= 0.3 is 0 Å². The quantitative estimate of drug-likeness (QED) is 0.783. The number of aliphatic hydroxyl groups excluding tert-OH is 1. The molecule has 0 spiro atoms. The van der Waals surface area contributed by atoms with Crippen molar-refractivity contribution < 1.29 is 9.90 Å². The van der Waals surface area contributed by atoms with E-state index in [9.17, 15) is 9.90 Å². The van der Waals surface area contributed by atoms with E-state index < -0.39 is 0 Å². The van der Waals surface area contributed by atoms with Gasteiger partial charge < -0.3 is 15.3 Å². The van der Waals surface area contributed by atoms with Crippen molar-refractivity contribution in [2.24, 2.45) is 5.92 Å². The largest absolute Gasteiger partial charge is 0.393 e. The Balaban J connectivity index is 1.63. The van der Waals surface area contributed by atoms with Gasteiger partial charge in [0.2, 0.25) is 5.91 Å². The number of carbonyl (C=O) groups is 1. The maximum atomic E-state index is 11.7. The molecule has 0 radical (unpaired) electrons. The first-order valence-electron chi connectivity index (χ1n) is 8.40. The highest BCUT2D eigenvalue weighted by atomic mass is 16.3. The third kappa shape index (κ3) is 5.24. The molecule has 1 aliphatic carbocycles. The predicted molar refractivity (Wildman–Crippen MR) is 84.1 cm³/mol. The van der Waals surface area contributed by atoms with E-state index in [2.05, 4.69) is 10.2 Å². The molecule has 1 saturated heterocycles. The van der Waals surface area contributed by atoms with Crippen molar-refractivity contribution in [1.82, 2.24) is 15.1 Å². The lowest BCUT2D eigenvalue weighted by Crippen LogP contribution is -2.47. The molecule has 2 N–H and O–H groups in total. The average molecular weight is 297 g/mol. The number of hydrogen-bond acceptors (Lipinski definition) is 4. The Kier molecular flexibility index (Phi) is 6.45. The van der Waals surface area contributed by atoms with Gasteiger partial charge in [0.25, 0.3) is 0 Å². The number of amides is 1. The molecule has 21 heavy (non-hydrogen) atoms. The maximum absolute atomic E-state index is 11.7. The summed E-state index contributed by atoms with van der Waals surface area (Å²) in [6, 6.07) is 0.546. The smallest absolute Gasteiger partial charge is 0.236 e. The number of nitrogens with zero attached hydrogens (tertiary/aromatic N) is 2. The molecule has 1 heterocycles. The zero-order valence-electron chi connectivity index (χ0n) is 13.6. The molecular formula is C16H31N3O2. The van der Waals surface area contributed by atoms with Crippen molar-refractivity contribution in [3.05, 3.63) is 0 Å². The summed E-state index contributed by atoms with van der Waals surface area (Å²) in [6.07, 6.45) is 6.66. The second-order valence-electron chi connectivity index (χ2n) is 6.86. The Bertz CT molecular complexity index is 327. The molecule has 5 nitrogen and oxygen atoms in total. The number of aliphatic hydroxyl groups is 1. The highest BCUT2D eigenvalue weighted by Gasteiger charge is 2.25. The average Bonchev–Trinajstić information content (AvgIpc) is 2.48. The normalized spacial score (nSPS) is 28.5. The second kappa shape index (κ2) is 8.11. The van der Waals surface area contributed by atoms with Crippen LogP contribution in [0.2, 0.25) is 0 Å². The Hall–Kier alpha value is -0.650. The molecule has 0 bridgehead atoms. The van der Waals surface area contributed by atoms with Crippen LogP contribution in [-0.2, 0) is 4.79 Å². The zero-order valence-corrected chi connectivity index (χ0v) is 13.6. The molecule has 1 saturated carbocycles. The minimum absolute atomic E-state index is 0.107. The van der Waals surface area contributed by atoms with Crippen LogP contribution in [0.3, 0.4) is 0 Å². The number of likely N-dealkylation sites (N-methyl/N-ethyl adjacent to an activating group) is 1. The Morgan fingerprint density at radius 3 is 2.48 bits per heavy atom. The van der Waals surface area contributed by atoms with Gasteiger partial charge in [-0.1, -0.05) is 12.8 Å². The van der Waals surface area contributed by atoms with Gasteiger partial charge in [0.15, 0.2) is 0 Å². The van der Waals surface area contributed by atoms with Gasteiger partial charge in [0, 0.05) is 39.8 Å². The van der Waals surface area contributed by atoms with Crippen molar-refractivity contribution >= 4 is 5.91 Å². The van der Waals surface area contributed by atoms with E-state index in [1.807, 2.05) is 14.1 Å². The van der Waals surface area contributed by atoms with Crippen LogP contribution in [0.1, 0.15) is 38.5 Å². The molecular weight excluding hydrogens is 266 g/mol. The third-order valence-corrected chi connectivity index (χ3v) is 4.98. The van der Waals surface area contributed by atoms with Gasteiger partial charge in [-0.05, 0) is 31.6 Å². The fraction of sp³-hybridized carbons (Fsp3) is 0.938. The van der Waals surface area contributed by atoms with Crippen LogP contribution in [-0.4, -0.2) is 73.2 Å². The SMILES string of the molecule is CN(C)C(=O)CN1CCC(NCC2CCCCC2O)CC1. The summed E-state index contributed by atoms with van der Waals surface area (Å²) in [5.74, 6) is 0.624. The summed E-state index contributed by atoms with van der Waals surface area (Å²) in [4.78, 5) is 15.6. The first-order chi connectivity index (χ1) is 10.1. The number of carbonyl (C=O) groups excluding carboxylic acids is 1. The third-order valence-electron chi connectivity index (χ3n) is 4.98. The van der Waals surface area contributed by atoms with Crippen LogP contribution in [0.15, 0.2) is 0 Å². The van der Waals surface area contributed by atoms with E-state index in [0.29, 0.717) is 18.5 Å². The van der Waals surface area contributed by atoms with Gasteiger partial charge in [-0.3, -0.25) is 9.69 Å². The van der Waals surface area contributed by atoms with Crippen LogP contribution in [0.4, 0.5) is 0 Å². The molecule has 0 aromatic rings. The molecule has 2 fully saturated rings. The summed E-state index contributed by atoms with van der Waals surface area (Å²) in [5.41, 5.74) is 0. The fourth-order valence-corrected chi connectivity index (χ4v) is 3.37. The highest BCUT2D eigenvalue weighted by molar-refractivity contribution is 5.77. The molecule has 122 valence electrons. The molecule has 1 amide bonds. The molecule has 5 heteroatoms. The highest BCUT2D eigenvalue weighted by Crippen LogP contribution is 2.24. The maximum Gasteiger partial charge on any atom is 0.236 e. The van der Waals surface area contributed by atoms with Gasteiger partial charge in [0.05, 0.1) is 12.6 Å². The topological polar surface area (TPSA) is 55.8 Å². The van der Waals surface area contributed by atoms with Crippen molar-refractivity contribution in [2.45, 2.75) is 50.7 Å². The summed E-state index contributed by atoms with van der Waals surface area (Å²) in [6.45, 7) is 3.47. The molecule has 0 aromatic heterocycles. The molecule has 2 unspecified atom stereocenters. The summed E-state index contributed by atoms with van der Waals surface area (Å²) >= 11 is 0. The first kappa shape index (κ1) is 16.7. The van der Waals surface area contributed by atoms with E-state index in [4.69, 9.17) is 0 Å². The lowest BCUT2D eigenvalue weighted by Gasteiger charge is -2.34. The van der Waals surface area contributed by atoms with Crippen LogP contribution in [0.25, 0.3) is 0 Å². The molecule has 0 aromatic carbocycles. The van der Waals surface area contributed by atoms with Crippen molar-refractivity contribution in [1.29, 1.82) is 0 Å². The second-order valence-corrected chi connectivity index (χ2v) is 6.86. The molecule has 2 rings (SSSR count). The number of piperidine rings is 1. The molecule has 2 atom stereocenters. The van der Waals surface area contributed by atoms with Crippen LogP contribution in [0.5, 0.6) is 0 Å². The van der Waals surface area contributed by atoms with Crippen LogP contribution < -0.4 is 5.32 Å². The van der Waals surface area contributed by atoms with Crippen molar-refractivity contribution in [3.8, 4) is 0 Å². The fourth-order valence-electron chi connectivity index (χ4n) is 3.37. The van der Waals surface area contributed by atoms with Crippen molar-refractivity contribution in [2.75, 3.05) is 40.3 Å². The van der Waals surface area contributed by atoms with E-state index in [0.717, 1.165) is 45.3 Å². The van der Waals surface area contributed by atoms with E-state index in [1.165, 1.54) is 12.8 Å². The van der Waals surface area contributed by atoms with Gasteiger partial charge in [-0.2, -0.15) is 0 Å². The van der Waals surface area contributed by atoms with E-state index in [1.54, 1.807) is 4.90 Å². The lowest BCUT2D eigenvalue weighted by atomic mass is 9.86. The van der Waals surface area contributed by atoms with Crippen LogP contribution in [0, 0.1) is 5.92 Å². The zero-order chi connectivity index (χ0) is 15.2. The van der Waals surface area contributed by atoms with Gasteiger partial charge in [-0.15, -0.1) is 0 Å². The van der Waals surface area contributed by atoms with E-state index in [-0.39, 0.29) is 12.0 Å². The van der Waals surface area contributed by atoms with Gasteiger partial charge in [0.1, 0.15) is 0 Å². The lowest BCUT2D eigenvalue weighted by molar-refractivity contribution is -0.130. The minimum Gasteiger partial charge on any atom is -0.393 e. The standard InChI is InChI=1S/C16H31N3O2/c1-18(2)16(21)12-19-9-7-14(8-10-19)17-11-13-5-3-4-6-15(13)20/h13-15,17,20H,3-12H2,1-2H3. The number of rotatable bonds is 5. The first-order valence-corrected chi connectivity index (χ1v) is 8.40. The summed E-state index contributed by atoms with van der Waals surface area (Å²) in [5, 5.41) is 13.6. The Labute approximate surface area is 128 Å². The monoisotopic (exact) mass is 297 g/mol. The summed E-state index contributed by atoms with van der Waals surface area (Å²) < 4.78 is 0. The van der Waals surface area contributed by atoms with E-state index >= 15 is 0 Å². The molecule has 2 aliphatic rings. The number of nitrogens with one attached hydrogen (secondary N) is 1. The predicted octanol–water partition coefficient (Wildman–Crippen LogP) is 0.680. The Morgan fingerprint density at radius 1 is 1.19 bits per heavy atom. The Morgan fingerprint density at radius 2 is 1.86 bits per heavy atom. The minimum atomic E-state index is -0.107.